The van der Waals surface area contributed by atoms with Gasteiger partial charge in [0.25, 0.3) is 0 Å². The monoisotopic (exact) mass is 557 g/mol. The Morgan fingerprint density at radius 1 is 0.971 bits per heavy atom. The molecule has 9 heteroatoms. The van der Waals surface area contributed by atoms with Gasteiger partial charge in [-0.25, -0.2) is 5.43 Å². The quantitative estimate of drug-likeness (QED) is 0.225. The van der Waals surface area contributed by atoms with Gasteiger partial charge in [0.1, 0.15) is 6.61 Å². The molecule has 3 aromatic carbocycles. The summed E-state index contributed by atoms with van der Waals surface area (Å²) >= 11 is 9.44. The molecule has 3 aromatic rings. The maximum absolute atomic E-state index is 12.0. The molecule has 0 radical (unpaired) electrons. The number of carbonyl (C=O) groups is 2. The van der Waals surface area contributed by atoms with E-state index >= 15 is 0 Å². The summed E-state index contributed by atoms with van der Waals surface area (Å²) in [5, 5.41) is 7.09. The molecular formula is C26H25BrClN3O4. The first-order valence-electron chi connectivity index (χ1n) is 10.9. The minimum Gasteiger partial charge on any atom is -0.490 e. The molecule has 0 unspecified atom stereocenters. The molecular weight excluding hydrogens is 534 g/mol. The van der Waals surface area contributed by atoms with Crippen LogP contribution in [0.2, 0.25) is 5.02 Å². The van der Waals surface area contributed by atoms with E-state index in [1.807, 2.05) is 37.3 Å². The van der Waals surface area contributed by atoms with Gasteiger partial charge in [0.2, 0.25) is 11.8 Å². The minimum absolute atomic E-state index is 0.00542. The second kappa shape index (κ2) is 13.5. The van der Waals surface area contributed by atoms with E-state index in [1.165, 1.54) is 6.21 Å². The standard InChI is InChI=1S/C26H25BrClN3O4/c1-2-34-24-15-19(9-12-23(24)35-17-18-7-10-20(27)11-8-18)16-29-31-26(33)14-13-25(32)30-22-6-4-3-5-21(22)28/h3-12,15-16H,2,13-14,17H2,1H3,(H,30,32)(H,31,33). The number of nitrogens with one attached hydrogen (secondary N) is 2. The van der Waals surface area contributed by atoms with Crippen LogP contribution in [-0.2, 0) is 16.2 Å². The molecule has 0 aliphatic carbocycles. The maximum Gasteiger partial charge on any atom is 0.240 e. The van der Waals surface area contributed by atoms with Crippen LogP contribution < -0.4 is 20.2 Å². The Balaban J connectivity index is 1.49. The zero-order valence-electron chi connectivity index (χ0n) is 19.1. The molecule has 0 saturated heterocycles. The number of amides is 2. The van der Waals surface area contributed by atoms with E-state index < -0.39 is 0 Å². The van der Waals surface area contributed by atoms with Crippen molar-refractivity contribution in [1.29, 1.82) is 0 Å². The summed E-state index contributed by atoms with van der Waals surface area (Å²) < 4.78 is 12.6. The molecule has 0 heterocycles. The largest absolute Gasteiger partial charge is 0.490 e. The zero-order valence-corrected chi connectivity index (χ0v) is 21.4. The lowest BCUT2D eigenvalue weighted by Gasteiger charge is -2.12. The average Bonchev–Trinajstić information content (AvgIpc) is 2.85. The highest BCUT2D eigenvalue weighted by molar-refractivity contribution is 9.10. The first kappa shape index (κ1) is 26.2. The Bertz CT molecular complexity index is 1190. The van der Waals surface area contributed by atoms with Crippen molar-refractivity contribution in [2.24, 2.45) is 5.10 Å². The van der Waals surface area contributed by atoms with Crippen LogP contribution in [0.25, 0.3) is 0 Å². The highest BCUT2D eigenvalue weighted by Gasteiger charge is 2.09. The van der Waals surface area contributed by atoms with E-state index in [1.54, 1.807) is 36.4 Å². The van der Waals surface area contributed by atoms with Gasteiger partial charge in [-0.05, 0) is 60.5 Å². The lowest BCUT2D eigenvalue weighted by molar-refractivity contribution is -0.124. The van der Waals surface area contributed by atoms with E-state index in [9.17, 15) is 9.59 Å². The summed E-state index contributed by atoms with van der Waals surface area (Å²) in [6.07, 6.45) is 1.49. The van der Waals surface area contributed by atoms with Crippen molar-refractivity contribution in [2.75, 3.05) is 11.9 Å². The van der Waals surface area contributed by atoms with Crippen LogP contribution in [-0.4, -0.2) is 24.6 Å². The fourth-order valence-corrected chi connectivity index (χ4v) is 3.42. The minimum atomic E-state index is -0.380. The predicted molar refractivity (Wildman–Crippen MR) is 141 cm³/mol. The normalized spacial score (nSPS) is 10.7. The molecule has 0 fully saturated rings. The SMILES string of the molecule is CCOc1cc(C=NNC(=O)CCC(=O)Nc2ccccc2Cl)ccc1OCc1ccc(Br)cc1. The molecule has 0 aliphatic heterocycles. The number of halogens is 2. The van der Waals surface area contributed by atoms with Gasteiger partial charge in [-0.2, -0.15) is 5.10 Å². The highest BCUT2D eigenvalue weighted by atomic mass is 79.9. The number of anilines is 1. The average molecular weight is 559 g/mol. The van der Waals surface area contributed by atoms with Crippen LogP contribution in [0, 0.1) is 0 Å². The summed E-state index contributed by atoms with van der Waals surface area (Å²) in [5.41, 5.74) is 4.69. The smallest absolute Gasteiger partial charge is 0.240 e. The number of benzene rings is 3. The number of hydrogen-bond donors (Lipinski definition) is 2. The van der Waals surface area contributed by atoms with E-state index in [2.05, 4.69) is 31.8 Å². The molecule has 0 saturated carbocycles. The lowest BCUT2D eigenvalue weighted by Crippen LogP contribution is -2.20. The topological polar surface area (TPSA) is 89.0 Å². The summed E-state index contributed by atoms with van der Waals surface area (Å²) in [6, 6.07) is 20.2. The third kappa shape index (κ3) is 8.73. The fourth-order valence-electron chi connectivity index (χ4n) is 2.97. The molecule has 0 aromatic heterocycles. The number of hydrogen-bond acceptors (Lipinski definition) is 5. The predicted octanol–water partition coefficient (Wildman–Crippen LogP) is 5.95. The van der Waals surface area contributed by atoms with Gasteiger partial charge in [0, 0.05) is 17.3 Å². The van der Waals surface area contributed by atoms with Crippen LogP contribution in [0.15, 0.2) is 76.3 Å². The summed E-state index contributed by atoms with van der Waals surface area (Å²) in [4.78, 5) is 24.1. The van der Waals surface area contributed by atoms with Gasteiger partial charge < -0.3 is 14.8 Å². The molecule has 0 atom stereocenters. The Hall–Kier alpha value is -3.36. The van der Waals surface area contributed by atoms with Crippen LogP contribution in [0.4, 0.5) is 5.69 Å². The van der Waals surface area contributed by atoms with Crippen molar-refractivity contribution in [2.45, 2.75) is 26.4 Å². The summed E-state index contributed by atoms with van der Waals surface area (Å²) in [6.45, 7) is 2.77. The molecule has 35 heavy (non-hydrogen) atoms. The summed E-state index contributed by atoms with van der Waals surface area (Å²) in [7, 11) is 0. The Morgan fingerprint density at radius 2 is 1.71 bits per heavy atom. The molecule has 182 valence electrons. The van der Waals surface area contributed by atoms with E-state index in [0.29, 0.717) is 35.4 Å². The zero-order chi connectivity index (χ0) is 25.0. The van der Waals surface area contributed by atoms with Crippen molar-refractivity contribution in [3.8, 4) is 11.5 Å². The molecule has 3 rings (SSSR count). The van der Waals surface area contributed by atoms with Crippen molar-refractivity contribution < 1.29 is 19.1 Å². The number of hydrazone groups is 1. The van der Waals surface area contributed by atoms with Gasteiger partial charge in [0.15, 0.2) is 11.5 Å². The number of carbonyl (C=O) groups excluding carboxylic acids is 2. The van der Waals surface area contributed by atoms with Crippen molar-refractivity contribution >= 4 is 51.2 Å². The van der Waals surface area contributed by atoms with Crippen LogP contribution in [0.1, 0.15) is 30.9 Å². The first-order valence-corrected chi connectivity index (χ1v) is 12.1. The molecule has 2 N–H and O–H groups in total. The van der Waals surface area contributed by atoms with Gasteiger partial charge in [-0.1, -0.05) is 51.8 Å². The molecule has 0 aliphatic rings. The molecule has 0 spiro atoms. The second-order valence-electron chi connectivity index (χ2n) is 7.38. The lowest BCUT2D eigenvalue weighted by atomic mass is 10.2. The number of ether oxygens (including phenoxy) is 2. The number of para-hydroxylation sites is 1. The Morgan fingerprint density at radius 3 is 2.46 bits per heavy atom. The highest BCUT2D eigenvalue weighted by Crippen LogP contribution is 2.29. The van der Waals surface area contributed by atoms with Crippen molar-refractivity contribution in [3.05, 3.63) is 87.4 Å². The van der Waals surface area contributed by atoms with Gasteiger partial charge in [-0.15, -0.1) is 0 Å². The van der Waals surface area contributed by atoms with Gasteiger partial charge in [0.05, 0.1) is 23.5 Å². The van der Waals surface area contributed by atoms with Gasteiger partial charge >= 0.3 is 0 Å². The van der Waals surface area contributed by atoms with Crippen LogP contribution in [0.5, 0.6) is 11.5 Å². The maximum atomic E-state index is 12.0. The number of rotatable bonds is 11. The fraction of sp³-hybridized carbons (Fsp3) is 0.192. The Kier molecular flexibility index (Phi) is 10.1. The van der Waals surface area contributed by atoms with Gasteiger partial charge in [-0.3, -0.25) is 9.59 Å². The van der Waals surface area contributed by atoms with Crippen molar-refractivity contribution in [3.63, 3.8) is 0 Å². The van der Waals surface area contributed by atoms with Crippen LogP contribution in [0.3, 0.4) is 0 Å². The van der Waals surface area contributed by atoms with E-state index in [4.69, 9.17) is 21.1 Å². The molecule has 7 nitrogen and oxygen atoms in total. The first-order chi connectivity index (χ1) is 16.9. The molecule has 2 amide bonds. The Labute approximate surface area is 217 Å². The summed E-state index contributed by atoms with van der Waals surface area (Å²) in [5.74, 6) is 0.504. The second-order valence-corrected chi connectivity index (χ2v) is 8.70. The van der Waals surface area contributed by atoms with E-state index in [-0.39, 0.29) is 24.7 Å². The third-order valence-corrected chi connectivity index (χ3v) is 5.56. The van der Waals surface area contributed by atoms with E-state index in [0.717, 1.165) is 15.6 Å². The van der Waals surface area contributed by atoms with Crippen LogP contribution >= 0.6 is 27.5 Å². The molecule has 0 bridgehead atoms. The number of nitrogens with zero attached hydrogens (tertiary/aromatic N) is 1. The van der Waals surface area contributed by atoms with Crippen molar-refractivity contribution in [1.82, 2.24) is 5.43 Å². The third-order valence-electron chi connectivity index (χ3n) is 4.71.